The number of hydrogen-bond donors (Lipinski definition) is 1. The van der Waals surface area contributed by atoms with Crippen LogP contribution in [-0.4, -0.2) is 41.3 Å². The first-order chi connectivity index (χ1) is 13.6. The van der Waals surface area contributed by atoms with Gasteiger partial charge < -0.3 is 20.2 Å². The fourth-order valence-corrected chi connectivity index (χ4v) is 2.95. The summed E-state index contributed by atoms with van der Waals surface area (Å²) in [5.41, 5.74) is 7.63. The van der Waals surface area contributed by atoms with Crippen LogP contribution < -0.4 is 10.5 Å². The predicted molar refractivity (Wildman–Crippen MR) is 107 cm³/mol. The molecule has 0 saturated carbocycles. The van der Waals surface area contributed by atoms with E-state index in [1.165, 1.54) is 0 Å². The number of aromatic nitrogens is 1. The average molecular weight is 382 g/mol. The van der Waals surface area contributed by atoms with E-state index in [9.17, 15) is 4.79 Å². The Morgan fingerprint density at radius 2 is 2.11 bits per heavy atom. The van der Waals surface area contributed by atoms with Crippen molar-refractivity contribution >= 4 is 11.7 Å². The Hall–Kier alpha value is -3.09. The van der Waals surface area contributed by atoms with Crippen LogP contribution in [0.4, 0.5) is 0 Å². The minimum Gasteiger partial charge on any atom is -0.489 e. The van der Waals surface area contributed by atoms with Gasteiger partial charge >= 0.3 is 0 Å². The molecular weight excluding hydrogens is 356 g/mol. The summed E-state index contributed by atoms with van der Waals surface area (Å²) in [6.45, 7) is 4.07. The lowest BCUT2D eigenvalue weighted by atomic mass is 9.99. The van der Waals surface area contributed by atoms with Gasteiger partial charge in [-0.15, -0.1) is 0 Å². The number of nitrogens with two attached hydrogens (primary N) is 1. The molecule has 0 aliphatic carbocycles. The molecular formula is C21H26N4O3. The third kappa shape index (κ3) is 5.70. The molecule has 1 aliphatic rings. The fourth-order valence-electron chi connectivity index (χ4n) is 2.95. The van der Waals surface area contributed by atoms with Crippen LogP contribution in [-0.2, 0) is 16.2 Å². The molecule has 28 heavy (non-hydrogen) atoms. The second kappa shape index (κ2) is 9.73. The maximum Gasteiger partial charge on any atom is 0.263 e. The zero-order valence-electron chi connectivity index (χ0n) is 16.1. The molecule has 2 aromatic rings. The molecule has 1 aromatic heterocycles. The minimum absolute atomic E-state index is 0.0583. The average Bonchev–Trinajstić information content (AvgIpc) is 2.73. The summed E-state index contributed by atoms with van der Waals surface area (Å²) in [4.78, 5) is 23.2. The Labute approximate surface area is 165 Å². The standard InChI is InChI=1S/C21H26N4O3/c1-16-7-10-25(11-8-16)20(26)15-28-24-21(22)18-5-2-6-19(12-18)27-14-17-4-3-9-23-13-17/h2-6,9,12-13,16H,7-8,10-11,14-15H2,1H3,(H2,22,24). The molecule has 2 heterocycles. The highest BCUT2D eigenvalue weighted by atomic mass is 16.6. The molecule has 0 spiro atoms. The molecule has 1 aromatic carbocycles. The van der Waals surface area contributed by atoms with Crippen molar-refractivity contribution in [2.24, 2.45) is 16.8 Å². The highest BCUT2D eigenvalue weighted by molar-refractivity contribution is 5.97. The molecule has 0 radical (unpaired) electrons. The largest absolute Gasteiger partial charge is 0.489 e. The number of hydrogen-bond acceptors (Lipinski definition) is 5. The summed E-state index contributed by atoms with van der Waals surface area (Å²) >= 11 is 0. The smallest absolute Gasteiger partial charge is 0.263 e. The van der Waals surface area contributed by atoms with E-state index in [0.29, 0.717) is 23.8 Å². The van der Waals surface area contributed by atoms with Gasteiger partial charge in [-0.2, -0.15) is 0 Å². The Balaban J connectivity index is 1.50. The third-order valence-corrected chi connectivity index (χ3v) is 4.75. The number of likely N-dealkylation sites (tertiary alicyclic amines) is 1. The predicted octanol–water partition coefficient (Wildman–Crippen LogP) is 2.56. The highest BCUT2D eigenvalue weighted by Crippen LogP contribution is 2.16. The molecule has 0 unspecified atom stereocenters. The van der Waals surface area contributed by atoms with Gasteiger partial charge in [0.25, 0.3) is 5.91 Å². The van der Waals surface area contributed by atoms with Crippen LogP contribution in [0.25, 0.3) is 0 Å². The molecule has 7 heteroatoms. The normalized spacial score (nSPS) is 15.3. The SMILES string of the molecule is CC1CCN(C(=O)CON=C(N)c2cccc(OCc3cccnc3)c2)CC1. The monoisotopic (exact) mass is 382 g/mol. The molecule has 1 amide bonds. The molecule has 2 N–H and O–H groups in total. The number of amidine groups is 1. The molecule has 7 nitrogen and oxygen atoms in total. The summed E-state index contributed by atoms with van der Waals surface area (Å²) in [5, 5.41) is 3.88. The van der Waals surface area contributed by atoms with Gasteiger partial charge in [-0.1, -0.05) is 30.3 Å². The van der Waals surface area contributed by atoms with E-state index in [1.54, 1.807) is 18.5 Å². The van der Waals surface area contributed by atoms with Gasteiger partial charge in [0.15, 0.2) is 12.4 Å². The summed E-state index contributed by atoms with van der Waals surface area (Å²) in [5.74, 6) is 1.48. The van der Waals surface area contributed by atoms with E-state index >= 15 is 0 Å². The van der Waals surface area contributed by atoms with Crippen LogP contribution in [0.2, 0.25) is 0 Å². The van der Waals surface area contributed by atoms with Crippen molar-refractivity contribution in [3.63, 3.8) is 0 Å². The second-order valence-electron chi connectivity index (χ2n) is 6.99. The minimum atomic E-state index is -0.105. The number of carbonyl (C=O) groups excluding carboxylic acids is 1. The zero-order chi connectivity index (χ0) is 19.8. The number of amides is 1. The Morgan fingerprint density at radius 3 is 2.86 bits per heavy atom. The number of rotatable bonds is 7. The lowest BCUT2D eigenvalue weighted by Crippen LogP contribution is -2.39. The summed E-state index contributed by atoms with van der Waals surface area (Å²) in [6.07, 6.45) is 5.54. The third-order valence-electron chi connectivity index (χ3n) is 4.75. The number of benzene rings is 1. The fraction of sp³-hybridized carbons (Fsp3) is 0.381. The Kier molecular flexibility index (Phi) is 6.84. The van der Waals surface area contributed by atoms with E-state index < -0.39 is 0 Å². The maximum absolute atomic E-state index is 12.2. The van der Waals surface area contributed by atoms with E-state index in [0.717, 1.165) is 31.5 Å². The van der Waals surface area contributed by atoms with E-state index in [-0.39, 0.29) is 18.3 Å². The molecule has 3 rings (SSSR count). The molecule has 148 valence electrons. The topological polar surface area (TPSA) is 90.0 Å². The van der Waals surface area contributed by atoms with Gasteiger partial charge in [-0.25, -0.2) is 0 Å². The first kappa shape index (κ1) is 19.7. The Morgan fingerprint density at radius 1 is 1.29 bits per heavy atom. The van der Waals surface area contributed by atoms with Crippen LogP contribution in [0.1, 0.15) is 30.9 Å². The first-order valence-corrected chi connectivity index (χ1v) is 9.47. The molecule has 1 fully saturated rings. The van der Waals surface area contributed by atoms with Crippen LogP contribution in [0.3, 0.4) is 0 Å². The number of nitrogens with zero attached hydrogens (tertiary/aromatic N) is 3. The van der Waals surface area contributed by atoms with Gasteiger partial charge in [0, 0.05) is 36.6 Å². The molecule has 1 saturated heterocycles. The van der Waals surface area contributed by atoms with Crippen LogP contribution in [0.15, 0.2) is 53.9 Å². The lowest BCUT2D eigenvalue weighted by molar-refractivity contribution is -0.137. The quantitative estimate of drug-likeness (QED) is 0.452. The maximum atomic E-state index is 12.2. The number of piperidine rings is 1. The van der Waals surface area contributed by atoms with E-state index in [4.69, 9.17) is 15.3 Å². The van der Waals surface area contributed by atoms with E-state index in [2.05, 4.69) is 17.1 Å². The van der Waals surface area contributed by atoms with Gasteiger partial charge in [0.2, 0.25) is 0 Å². The summed E-state index contributed by atoms with van der Waals surface area (Å²) < 4.78 is 5.76. The highest BCUT2D eigenvalue weighted by Gasteiger charge is 2.20. The van der Waals surface area contributed by atoms with Gasteiger partial charge in [-0.3, -0.25) is 9.78 Å². The summed E-state index contributed by atoms with van der Waals surface area (Å²) in [6, 6.07) is 11.1. The van der Waals surface area contributed by atoms with Crippen molar-refractivity contribution in [1.82, 2.24) is 9.88 Å². The van der Waals surface area contributed by atoms with Crippen molar-refractivity contribution < 1.29 is 14.4 Å². The van der Waals surface area contributed by atoms with Crippen molar-refractivity contribution in [2.45, 2.75) is 26.4 Å². The van der Waals surface area contributed by atoms with Crippen LogP contribution in [0, 0.1) is 5.92 Å². The Bertz CT molecular complexity index is 802. The van der Waals surface area contributed by atoms with Crippen molar-refractivity contribution in [3.8, 4) is 5.75 Å². The number of ether oxygens (including phenoxy) is 1. The number of pyridine rings is 1. The van der Waals surface area contributed by atoms with E-state index in [1.807, 2.05) is 35.2 Å². The van der Waals surface area contributed by atoms with Crippen molar-refractivity contribution in [3.05, 3.63) is 59.9 Å². The first-order valence-electron chi connectivity index (χ1n) is 9.47. The number of oxime groups is 1. The van der Waals surface area contributed by atoms with Crippen molar-refractivity contribution in [1.29, 1.82) is 0 Å². The van der Waals surface area contributed by atoms with Crippen LogP contribution in [0.5, 0.6) is 5.75 Å². The zero-order valence-corrected chi connectivity index (χ0v) is 16.1. The molecule has 1 aliphatic heterocycles. The van der Waals surface area contributed by atoms with Gasteiger partial charge in [0.05, 0.1) is 0 Å². The van der Waals surface area contributed by atoms with Gasteiger partial charge in [0.1, 0.15) is 12.4 Å². The molecule has 0 bridgehead atoms. The van der Waals surface area contributed by atoms with Crippen LogP contribution >= 0.6 is 0 Å². The number of carbonyl (C=O) groups is 1. The van der Waals surface area contributed by atoms with Gasteiger partial charge in [-0.05, 0) is 37.0 Å². The van der Waals surface area contributed by atoms with Crippen molar-refractivity contribution in [2.75, 3.05) is 19.7 Å². The second-order valence-corrected chi connectivity index (χ2v) is 6.99. The lowest BCUT2D eigenvalue weighted by Gasteiger charge is -2.29. The summed E-state index contributed by atoms with van der Waals surface area (Å²) in [7, 11) is 0. The molecule has 0 atom stereocenters.